The molecule has 2 amide bonds. The highest BCUT2D eigenvalue weighted by Gasteiger charge is 2.32. The van der Waals surface area contributed by atoms with Crippen LogP contribution in [0.2, 0.25) is 0 Å². The summed E-state index contributed by atoms with van der Waals surface area (Å²) in [6, 6.07) is 12.1. The van der Waals surface area contributed by atoms with Crippen molar-refractivity contribution in [3.8, 4) is 0 Å². The zero-order valence-corrected chi connectivity index (χ0v) is 25.2. The fourth-order valence-electron chi connectivity index (χ4n) is 6.55. The normalized spacial score (nSPS) is 20.6. The fourth-order valence-corrected chi connectivity index (χ4v) is 6.55. The molecule has 1 saturated carbocycles. The quantitative estimate of drug-likeness (QED) is 0.321. The van der Waals surface area contributed by atoms with Crippen molar-refractivity contribution in [1.82, 2.24) is 19.8 Å². The van der Waals surface area contributed by atoms with Crippen LogP contribution in [-0.4, -0.2) is 56.1 Å². The lowest BCUT2D eigenvalue weighted by Gasteiger charge is -2.37. The van der Waals surface area contributed by atoms with Gasteiger partial charge in [-0.1, -0.05) is 12.1 Å². The Hall–Kier alpha value is -3.30. The standard InChI is InChI=1S/C33H44FN5O3/c1-21(2)35-30(40)23-9-11-27(12-10-23)39-29-18-22(20-38-16-14-25(15-17-38)33(3,4)42)8-13-28(29)36-32(39)37-31(41)24-6-5-7-26(34)19-24/h5-8,13,18-19,21,23,25,27,42H,9-12,14-17,20H2,1-4H3,(H,35,40)(H,36,37,41). The summed E-state index contributed by atoms with van der Waals surface area (Å²) >= 11 is 0. The lowest BCUT2D eigenvalue weighted by molar-refractivity contribution is -0.126. The van der Waals surface area contributed by atoms with Crippen LogP contribution in [0, 0.1) is 17.7 Å². The Morgan fingerprint density at radius 1 is 1.05 bits per heavy atom. The number of amides is 2. The number of imidazole rings is 1. The van der Waals surface area contributed by atoms with E-state index in [2.05, 4.69) is 32.2 Å². The van der Waals surface area contributed by atoms with E-state index < -0.39 is 17.3 Å². The second-order valence-corrected chi connectivity index (χ2v) is 13.0. The van der Waals surface area contributed by atoms with Crippen LogP contribution in [0.4, 0.5) is 10.3 Å². The smallest absolute Gasteiger partial charge is 0.258 e. The number of halogens is 1. The van der Waals surface area contributed by atoms with Crippen molar-refractivity contribution < 1.29 is 19.1 Å². The largest absolute Gasteiger partial charge is 0.390 e. The molecule has 2 aromatic carbocycles. The number of piperidine rings is 1. The van der Waals surface area contributed by atoms with Gasteiger partial charge in [0.05, 0.1) is 16.6 Å². The summed E-state index contributed by atoms with van der Waals surface area (Å²) in [6.07, 6.45) is 5.03. The van der Waals surface area contributed by atoms with Gasteiger partial charge >= 0.3 is 0 Å². The molecule has 1 aliphatic carbocycles. The van der Waals surface area contributed by atoms with Crippen molar-refractivity contribution in [1.29, 1.82) is 0 Å². The molecule has 0 unspecified atom stereocenters. The zero-order chi connectivity index (χ0) is 30.0. The SMILES string of the molecule is CC(C)NC(=O)C1CCC(n2c(NC(=O)c3cccc(F)c3)nc3ccc(CN4CCC(C(C)(C)O)CC4)cc32)CC1. The summed E-state index contributed by atoms with van der Waals surface area (Å²) in [5, 5.41) is 16.4. The Kier molecular flexibility index (Phi) is 8.99. The highest BCUT2D eigenvalue weighted by Crippen LogP contribution is 2.37. The van der Waals surface area contributed by atoms with E-state index >= 15 is 0 Å². The van der Waals surface area contributed by atoms with Crippen molar-refractivity contribution in [3.05, 3.63) is 59.4 Å². The molecule has 0 atom stereocenters. The monoisotopic (exact) mass is 577 g/mol. The molecular formula is C33H44FN5O3. The third-order valence-electron chi connectivity index (χ3n) is 8.92. The second-order valence-electron chi connectivity index (χ2n) is 13.0. The number of nitrogens with zero attached hydrogens (tertiary/aromatic N) is 3. The van der Waals surface area contributed by atoms with Crippen LogP contribution in [0.3, 0.4) is 0 Å². The minimum atomic E-state index is -0.654. The summed E-state index contributed by atoms with van der Waals surface area (Å²) in [7, 11) is 0. The first-order valence-electron chi connectivity index (χ1n) is 15.3. The molecule has 1 aromatic heterocycles. The van der Waals surface area contributed by atoms with Crippen molar-refractivity contribution >= 4 is 28.8 Å². The minimum absolute atomic E-state index is 0.0221. The van der Waals surface area contributed by atoms with Gasteiger partial charge in [0, 0.05) is 30.1 Å². The number of carbonyl (C=O) groups is 2. The van der Waals surface area contributed by atoms with Gasteiger partial charge in [0.25, 0.3) is 5.91 Å². The van der Waals surface area contributed by atoms with Gasteiger partial charge in [-0.2, -0.15) is 0 Å². The number of aliphatic hydroxyl groups is 1. The summed E-state index contributed by atoms with van der Waals surface area (Å²) in [5.74, 6) is -0.0474. The molecule has 2 aliphatic rings. The van der Waals surface area contributed by atoms with E-state index in [-0.39, 0.29) is 29.5 Å². The number of carbonyl (C=O) groups excluding carboxylic acids is 2. The van der Waals surface area contributed by atoms with Crippen LogP contribution >= 0.6 is 0 Å². The minimum Gasteiger partial charge on any atom is -0.390 e. The molecule has 2 fully saturated rings. The molecule has 8 nitrogen and oxygen atoms in total. The molecule has 9 heteroatoms. The van der Waals surface area contributed by atoms with E-state index in [9.17, 15) is 19.1 Å². The molecule has 2 heterocycles. The molecule has 0 bridgehead atoms. The predicted octanol–water partition coefficient (Wildman–Crippen LogP) is 5.67. The Balaban J connectivity index is 1.40. The number of nitrogens with one attached hydrogen (secondary N) is 2. The summed E-state index contributed by atoms with van der Waals surface area (Å²) < 4.78 is 16.0. The van der Waals surface area contributed by atoms with Crippen LogP contribution < -0.4 is 10.6 Å². The van der Waals surface area contributed by atoms with Gasteiger partial charge in [-0.25, -0.2) is 9.37 Å². The van der Waals surface area contributed by atoms with E-state index in [1.165, 1.54) is 23.8 Å². The predicted molar refractivity (Wildman–Crippen MR) is 163 cm³/mol. The van der Waals surface area contributed by atoms with Gasteiger partial charge in [-0.3, -0.25) is 19.8 Å². The zero-order valence-electron chi connectivity index (χ0n) is 25.2. The molecule has 0 spiro atoms. The maximum atomic E-state index is 13.9. The summed E-state index contributed by atoms with van der Waals surface area (Å²) in [6.45, 7) is 10.4. The first-order chi connectivity index (χ1) is 20.0. The molecular weight excluding hydrogens is 533 g/mol. The van der Waals surface area contributed by atoms with Gasteiger partial charge in [0.2, 0.25) is 11.9 Å². The van der Waals surface area contributed by atoms with Crippen LogP contribution in [0.15, 0.2) is 42.5 Å². The van der Waals surface area contributed by atoms with Gasteiger partial charge in [0.15, 0.2) is 0 Å². The lowest BCUT2D eigenvalue weighted by Crippen LogP contribution is -2.41. The molecule has 42 heavy (non-hydrogen) atoms. The number of hydrogen-bond acceptors (Lipinski definition) is 5. The van der Waals surface area contributed by atoms with E-state index in [0.29, 0.717) is 11.9 Å². The maximum absolute atomic E-state index is 13.9. The Morgan fingerprint density at radius 2 is 1.76 bits per heavy atom. The molecule has 5 rings (SSSR count). The first kappa shape index (κ1) is 30.2. The highest BCUT2D eigenvalue weighted by atomic mass is 19.1. The van der Waals surface area contributed by atoms with Crippen molar-refractivity contribution in [2.45, 2.75) is 90.4 Å². The number of anilines is 1. The number of benzene rings is 2. The van der Waals surface area contributed by atoms with Crippen LogP contribution in [0.25, 0.3) is 11.0 Å². The van der Waals surface area contributed by atoms with Crippen molar-refractivity contribution in [2.24, 2.45) is 11.8 Å². The van der Waals surface area contributed by atoms with Crippen molar-refractivity contribution in [3.63, 3.8) is 0 Å². The number of rotatable bonds is 8. The van der Waals surface area contributed by atoms with E-state index in [4.69, 9.17) is 4.98 Å². The third kappa shape index (κ3) is 7.01. The molecule has 1 aliphatic heterocycles. The van der Waals surface area contributed by atoms with Gasteiger partial charge in [-0.05, 0) is 121 Å². The third-order valence-corrected chi connectivity index (χ3v) is 8.92. The van der Waals surface area contributed by atoms with Gasteiger partial charge in [0.1, 0.15) is 5.82 Å². The number of aromatic nitrogens is 2. The Bertz CT molecular complexity index is 1410. The summed E-state index contributed by atoms with van der Waals surface area (Å²) in [4.78, 5) is 33.1. The second kappa shape index (κ2) is 12.5. The number of likely N-dealkylation sites (tertiary alicyclic amines) is 1. The average molecular weight is 578 g/mol. The van der Waals surface area contributed by atoms with E-state index in [1.54, 1.807) is 6.07 Å². The number of hydrogen-bond donors (Lipinski definition) is 3. The lowest BCUT2D eigenvalue weighted by atomic mass is 9.83. The summed E-state index contributed by atoms with van der Waals surface area (Å²) in [5.41, 5.74) is 2.48. The van der Waals surface area contributed by atoms with Crippen LogP contribution in [0.1, 0.15) is 88.2 Å². The van der Waals surface area contributed by atoms with Gasteiger partial charge < -0.3 is 15.0 Å². The molecule has 0 radical (unpaired) electrons. The molecule has 226 valence electrons. The van der Waals surface area contributed by atoms with E-state index in [1.807, 2.05) is 33.8 Å². The number of fused-ring (bicyclic) bond motifs is 1. The van der Waals surface area contributed by atoms with E-state index in [0.717, 1.165) is 69.2 Å². The highest BCUT2D eigenvalue weighted by molar-refractivity contribution is 6.04. The first-order valence-corrected chi connectivity index (χ1v) is 15.3. The van der Waals surface area contributed by atoms with Gasteiger partial charge in [-0.15, -0.1) is 0 Å². The van der Waals surface area contributed by atoms with Crippen LogP contribution in [0.5, 0.6) is 0 Å². The molecule has 3 N–H and O–H groups in total. The van der Waals surface area contributed by atoms with Crippen molar-refractivity contribution in [2.75, 3.05) is 18.4 Å². The average Bonchev–Trinajstić information content (AvgIpc) is 3.29. The Morgan fingerprint density at radius 3 is 2.40 bits per heavy atom. The maximum Gasteiger partial charge on any atom is 0.258 e. The topological polar surface area (TPSA) is 99.5 Å². The van der Waals surface area contributed by atoms with Crippen LogP contribution in [-0.2, 0) is 11.3 Å². The fraction of sp³-hybridized carbons (Fsp3) is 0.545. The Labute approximate surface area is 247 Å². The molecule has 1 saturated heterocycles. The molecule has 3 aromatic rings.